The number of imidazole rings is 1. The molecule has 3 aromatic rings. The van der Waals surface area contributed by atoms with Crippen LogP contribution in [0.4, 0.5) is 11.8 Å². The summed E-state index contributed by atoms with van der Waals surface area (Å²) in [7, 11) is 0. The lowest BCUT2D eigenvalue weighted by Crippen LogP contribution is -2.31. The van der Waals surface area contributed by atoms with E-state index >= 15 is 0 Å². The highest BCUT2D eigenvalue weighted by atomic mass is 35.5. The zero-order valence-corrected chi connectivity index (χ0v) is 16.8. The van der Waals surface area contributed by atoms with Crippen LogP contribution in [-0.4, -0.2) is 56.0 Å². The standard InChI is InChI=1S/C19H25ClN6O2/c1-13(2)26-12-22-16-17(21-11-14-3-5-15(20)6-4-14)23-19(24-18(16)26)25(7-9-27)8-10-28/h3-6,12-13,27-28H,7-11H2,1-2H3,(H,21,23,24). The van der Waals surface area contributed by atoms with Gasteiger partial charge in [0.05, 0.1) is 19.5 Å². The van der Waals surface area contributed by atoms with Crippen LogP contribution in [-0.2, 0) is 6.54 Å². The van der Waals surface area contributed by atoms with Crippen molar-refractivity contribution < 1.29 is 10.2 Å². The maximum absolute atomic E-state index is 9.36. The van der Waals surface area contributed by atoms with Crippen molar-refractivity contribution in [3.05, 3.63) is 41.2 Å². The average Bonchev–Trinajstić information content (AvgIpc) is 3.11. The summed E-state index contributed by atoms with van der Waals surface area (Å²) >= 11 is 5.95. The van der Waals surface area contributed by atoms with Crippen molar-refractivity contribution in [3.63, 3.8) is 0 Å². The second kappa shape index (κ2) is 9.18. The first-order valence-electron chi connectivity index (χ1n) is 9.23. The van der Waals surface area contributed by atoms with Gasteiger partial charge in [-0.3, -0.25) is 0 Å². The van der Waals surface area contributed by atoms with Gasteiger partial charge in [-0.15, -0.1) is 0 Å². The van der Waals surface area contributed by atoms with Crippen LogP contribution in [0.15, 0.2) is 30.6 Å². The molecular weight excluding hydrogens is 380 g/mol. The number of benzene rings is 1. The molecule has 0 aliphatic heterocycles. The fourth-order valence-electron chi connectivity index (χ4n) is 2.89. The monoisotopic (exact) mass is 404 g/mol. The quantitative estimate of drug-likeness (QED) is 0.503. The molecule has 3 N–H and O–H groups in total. The van der Waals surface area contributed by atoms with Crippen LogP contribution in [0.1, 0.15) is 25.5 Å². The number of hydrogen-bond acceptors (Lipinski definition) is 7. The number of nitrogens with one attached hydrogen (secondary N) is 1. The van der Waals surface area contributed by atoms with Gasteiger partial charge in [0.1, 0.15) is 0 Å². The van der Waals surface area contributed by atoms with Gasteiger partial charge in [-0.05, 0) is 31.5 Å². The van der Waals surface area contributed by atoms with Crippen molar-refractivity contribution in [2.45, 2.75) is 26.4 Å². The van der Waals surface area contributed by atoms with Crippen LogP contribution < -0.4 is 10.2 Å². The minimum atomic E-state index is -0.0572. The van der Waals surface area contributed by atoms with Gasteiger partial charge in [-0.2, -0.15) is 9.97 Å². The first-order chi connectivity index (χ1) is 13.5. The third kappa shape index (κ3) is 4.52. The van der Waals surface area contributed by atoms with Gasteiger partial charge in [0.2, 0.25) is 5.95 Å². The van der Waals surface area contributed by atoms with E-state index in [0.717, 1.165) is 5.56 Å². The number of fused-ring (bicyclic) bond motifs is 1. The summed E-state index contributed by atoms with van der Waals surface area (Å²) in [5, 5.41) is 22.7. The normalized spacial score (nSPS) is 11.4. The first kappa shape index (κ1) is 20.3. The number of nitrogens with zero attached hydrogens (tertiary/aromatic N) is 5. The van der Waals surface area contributed by atoms with E-state index in [2.05, 4.69) is 34.1 Å². The van der Waals surface area contributed by atoms with Gasteiger partial charge < -0.3 is 25.0 Å². The number of aromatic nitrogens is 4. The molecule has 3 rings (SSSR count). The summed E-state index contributed by atoms with van der Waals surface area (Å²) in [6.07, 6.45) is 1.75. The third-order valence-electron chi connectivity index (χ3n) is 4.36. The van der Waals surface area contributed by atoms with E-state index in [1.807, 2.05) is 28.8 Å². The molecule has 0 fully saturated rings. The molecule has 0 atom stereocenters. The fraction of sp³-hybridized carbons (Fsp3) is 0.421. The first-order valence-corrected chi connectivity index (χ1v) is 9.60. The highest BCUT2D eigenvalue weighted by molar-refractivity contribution is 6.30. The van der Waals surface area contributed by atoms with E-state index in [9.17, 15) is 10.2 Å². The predicted octanol–water partition coefficient (Wildman–Crippen LogP) is 2.46. The molecule has 0 saturated carbocycles. The second-order valence-electron chi connectivity index (χ2n) is 6.70. The Hall–Kier alpha value is -2.42. The molecular formula is C19H25ClN6O2. The lowest BCUT2D eigenvalue weighted by Gasteiger charge is -2.21. The second-order valence-corrected chi connectivity index (χ2v) is 7.14. The molecule has 150 valence electrons. The molecule has 1 aromatic carbocycles. The molecule has 0 aliphatic rings. The molecule has 0 aliphatic carbocycles. The van der Waals surface area contributed by atoms with E-state index in [0.29, 0.717) is 47.6 Å². The number of aliphatic hydroxyl groups is 2. The molecule has 0 spiro atoms. The average molecular weight is 405 g/mol. The Balaban J connectivity index is 1.99. The van der Waals surface area contributed by atoms with Crippen molar-refractivity contribution >= 4 is 34.5 Å². The van der Waals surface area contributed by atoms with Crippen LogP contribution in [0.5, 0.6) is 0 Å². The number of hydrogen-bond donors (Lipinski definition) is 3. The fourth-order valence-corrected chi connectivity index (χ4v) is 3.01. The van der Waals surface area contributed by atoms with Gasteiger partial charge >= 0.3 is 0 Å². The van der Waals surface area contributed by atoms with Crippen molar-refractivity contribution in [2.75, 3.05) is 36.5 Å². The van der Waals surface area contributed by atoms with Crippen LogP contribution in [0.3, 0.4) is 0 Å². The summed E-state index contributed by atoms with van der Waals surface area (Å²) in [6.45, 7) is 5.22. The van der Waals surface area contributed by atoms with E-state index in [1.165, 1.54) is 0 Å². The SMILES string of the molecule is CC(C)n1cnc2c(NCc3ccc(Cl)cc3)nc(N(CCO)CCO)nc21. The van der Waals surface area contributed by atoms with E-state index in [4.69, 9.17) is 11.6 Å². The highest BCUT2D eigenvalue weighted by Crippen LogP contribution is 2.25. The molecule has 9 heteroatoms. The Labute approximate surface area is 168 Å². The summed E-state index contributed by atoms with van der Waals surface area (Å²) in [4.78, 5) is 15.5. The van der Waals surface area contributed by atoms with Gasteiger partial charge in [-0.1, -0.05) is 23.7 Å². The minimum Gasteiger partial charge on any atom is -0.395 e. The van der Waals surface area contributed by atoms with Crippen LogP contribution in [0.25, 0.3) is 11.2 Å². The largest absolute Gasteiger partial charge is 0.395 e. The van der Waals surface area contributed by atoms with E-state index in [-0.39, 0.29) is 19.3 Å². The molecule has 28 heavy (non-hydrogen) atoms. The van der Waals surface area contributed by atoms with Crippen molar-refractivity contribution in [3.8, 4) is 0 Å². The molecule has 0 radical (unpaired) electrons. The van der Waals surface area contributed by atoms with Gasteiger partial charge in [0.15, 0.2) is 17.0 Å². The van der Waals surface area contributed by atoms with Gasteiger partial charge in [-0.25, -0.2) is 4.98 Å². The zero-order chi connectivity index (χ0) is 20.1. The smallest absolute Gasteiger partial charge is 0.229 e. The summed E-state index contributed by atoms with van der Waals surface area (Å²) < 4.78 is 1.98. The molecule has 8 nitrogen and oxygen atoms in total. The lowest BCUT2D eigenvalue weighted by molar-refractivity contribution is 0.280. The summed E-state index contributed by atoms with van der Waals surface area (Å²) in [6, 6.07) is 7.77. The molecule has 2 aromatic heterocycles. The lowest BCUT2D eigenvalue weighted by atomic mass is 10.2. The number of halogens is 1. The molecule has 0 bridgehead atoms. The number of anilines is 2. The van der Waals surface area contributed by atoms with E-state index < -0.39 is 0 Å². The van der Waals surface area contributed by atoms with Crippen LogP contribution in [0, 0.1) is 0 Å². The Morgan fingerprint density at radius 1 is 1.11 bits per heavy atom. The topological polar surface area (TPSA) is 99.3 Å². The zero-order valence-electron chi connectivity index (χ0n) is 16.0. The van der Waals surface area contributed by atoms with Crippen LogP contribution in [0.2, 0.25) is 5.02 Å². The Morgan fingerprint density at radius 3 is 2.39 bits per heavy atom. The summed E-state index contributed by atoms with van der Waals surface area (Å²) in [5.41, 5.74) is 2.45. The highest BCUT2D eigenvalue weighted by Gasteiger charge is 2.18. The van der Waals surface area contributed by atoms with Crippen molar-refractivity contribution in [2.24, 2.45) is 0 Å². The molecule has 0 unspecified atom stereocenters. The van der Waals surface area contributed by atoms with Crippen molar-refractivity contribution in [1.29, 1.82) is 0 Å². The Kier molecular flexibility index (Phi) is 6.66. The minimum absolute atomic E-state index is 0.0572. The predicted molar refractivity (Wildman–Crippen MR) is 111 cm³/mol. The van der Waals surface area contributed by atoms with Crippen molar-refractivity contribution in [1.82, 2.24) is 19.5 Å². The number of rotatable bonds is 9. The maximum atomic E-state index is 9.36. The summed E-state index contributed by atoms with van der Waals surface area (Å²) in [5.74, 6) is 1.05. The van der Waals surface area contributed by atoms with Gasteiger partial charge in [0.25, 0.3) is 0 Å². The number of aliphatic hydroxyl groups excluding tert-OH is 2. The molecule has 0 amide bonds. The Bertz CT molecular complexity index is 907. The van der Waals surface area contributed by atoms with Crippen LogP contribution >= 0.6 is 11.6 Å². The maximum Gasteiger partial charge on any atom is 0.229 e. The Morgan fingerprint density at radius 2 is 1.79 bits per heavy atom. The molecule has 2 heterocycles. The molecule has 0 saturated heterocycles. The third-order valence-corrected chi connectivity index (χ3v) is 4.61. The van der Waals surface area contributed by atoms with E-state index in [1.54, 1.807) is 11.2 Å². The van der Waals surface area contributed by atoms with Gasteiger partial charge in [0, 0.05) is 30.7 Å².